The van der Waals surface area contributed by atoms with Gasteiger partial charge in [0.2, 0.25) is 0 Å². The lowest BCUT2D eigenvalue weighted by atomic mass is 9.91. The summed E-state index contributed by atoms with van der Waals surface area (Å²) in [7, 11) is 1.34. The van der Waals surface area contributed by atoms with Crippen LogP contribution in [0, 0.1) is 5.92 Å². The fraction of sp³-hybridized carbons (Fsp3) is 0.500. The van der Waals surface area contributed by atoms with Gasteiger partial charge < -0.3 is 9.84 Å². The molecular weight excluding hydrogens is 338 g/mol. The summed E-state index contributed by atoms with van der Waals surface area (Å²) in [5.41, 5.74) is 0.674. The van der Waals surface area contributed by atoms with Crippen molar-refractivity contribution >= 4 is 36.2 Å². The minimum absolute atomic E-state index is 0.00638. The maximum atomic E-state index is 12.3. The molecule has 1 heterocycles. The highest BCUT2D eigenvalue weighted by molar-refractivity contribution is 7.81. The number of methoxy groups -OCH3 is 1. The van der Waals surface area contributed by atoms with Crippen molar-refractivity contribution in [2.45, 2.75) is 24.1 Å². The molecular formula is C16H20ClNO4S. The van der Waals surface area contributed by atoms with Crippen LogP contribution in [0.5, 0.6) is 0 Å². The number of halogens is 1. The number of carbonyl (C=O) groups excluding carboxylic acids is 1. The number of hydrogen-bond donors (Lipinski definition) is 2. The molecule has 0 spiro atoms. The SMILES string of the molecule is COC(=O)[C@H](c1ccccc1Cl)N1CC[C@@H](S)C(CC(=O)O)C1. The maximum Gasteiger partial charge on any atom is 0.327 e. The van der Waals surface area contributed by atoms with Gasteiger partial charge in [-0.25, -0.2) is 4.79 Å². The van der Waals surface area contributed by atoms with Crippen molar-refractivity contribution in [1.82, 2.24) is 4.90 Å². The van der Waals surface area contributed by atoms with E-state index >= 15 is 0 Å². The zero-order valence-corrected chi connectivity index (χ0v) is 14.5. The lowest BCUT2D eigenvalue weighted by Gasteiger charge is -2.39. The van der Waals surface area contributed by atoms with Crippen LogP contribution in [0.1, 0.15) is 24.4 Å². The minimum atomic E-state index is -0.858. The summed E-state index contributed by atoms with van der Waals surface area (Å²) in [6.45, 7) is 1.10. The third-order valence-corrected chi connectivity index (χ3v) is 5.18. The molecule has 1 saturated heterocycles. The third kappa shape index (κ3) is 4.40. The summed E-state index contributed by atoms with van der Waals surface area (Å²) in [5, 5.41) is 9.56. The lowest BCUT2D eigenvalue weighted by Crippen LogP contribution is -2.46. The van der Waals surface area contributed by atoms with E-state index < -0.39 is 18.0 Å². The van der Waals surface area contributed by atoms with Gasteiger partial charge in [0.15, 0.2) is 0 Å². The summed E-state index contributed by atoms with van der Waals surface area (Å²) in [6.07, 6.45) is 0.736. The number of hydrogen-bond acceptors (Lipinski definition) is 5. The molecule has 0 radical (unpaired) electrons. The molecule has 1 aromatic carbocycles. The maximum absolute atomic E-state index is 12.3. The molecule has 1 N–H and O–H groups in total. The van der Waals surface area contributed by atoms with E-state index in [1.54, 1.807) is 18.2 Å². The van der Waals surface area contributed by atoms with Crippen molar-refractivity contribution in [3.05, 3.63) is 34.9 Å². The fourth-order valence-corrected chi connectivity index (χ4v) is 3.54. The van der Waals surface area contributed by atoms with Crippen molar-refractivity contribution in [1.29, 1.82) is 0 Å². The van der Waals surface area contributed by atoms with Crippen LogP contribution in [0.4, 0.5) is 0 Å². The largest absolute Gasteiger partial charge is 0.481 e. The van der Waals surface area contributed by atoms with Crippen LogP contribution in [0.25, 0.3) is 0 Å². The zero-order valence-electron chi connectivity index (χ0n) is 12.8. The van der Waals surface area contributed by atoms with Crippen molar-refractivity contribution < 1.29 is 19.4 Å². The molecule has 0 bridgehead atoms. The first-order valence-corrected chi connectivity index (χ1v) is 8.29. The number of ether oxygens (including phenoxy) is 1. The zero-order chi connectivity index (χ0) is 17.0. The number of thiol groups is 1. The van der Waals surface area contributed by atoms with Crippen molar-refractivity contribution in [2.24, 2.45) is 5.92 Å². The van der Waals surface area contributed by atoms with Crippen molar-refractivity contribution in [3.8, 4) is 0 Å². The van der Waals surface area contributed by atoms with Gasteiger partial charge in [0.25, 0.3) is 0 Å². The van der Waals surface area contributed by atoms with Gasteiger partial charge in [-0.05, 0) is 24.0 Å². The molecule has 126 valence electrons. The Kier molecular flexibility index (Phi) is 6.33. The van der Waals surface area contributed by atoms with E-state index in [0.29, 0.717) is 30.1 Å². The molecule has 2 rings (SSSR count). The van der Waals surface area contributed by atoms with E-state index in [1.165, 1.54) is 7.11 Å². The first-order chi connectivity index (χ1) is 10.9. The number of aliphatic carboxylic acids is 1. The van der Waals surface area contributed by atoms with E-state index in [4.69, 9.17) is 21.4 Å². The second kappa shape index (κ2) is 8.04. The number of carboxylic acids is 1. The number of nitrogens with zero attached hydrogens (tertiary/aromatic N) is 1. The van der Waals surface area contributed by atoms with Crippen LogP contribution in [0.2, 0.25) is 5.02 Å². The predicted molar refractivity (Wildman–Crippen MR) is 90.9 cm³/mol. The van der Waals surface area contributed by atoms with E-state index in [1.807, 2.05) is 11.0 Å². The Morgan fingerprint density at radius 2 is 2.17 bits per heavy atom. The Balaban J connectivity index is 2.27. The van der Waals surface area contributed by atoms with Gasteiger partial charge in [-0.15, -0.1) is 0 Å². The van der Waals surface area contributed by atoms with Gasteiger partial charge in [-0.3, -0.25) is 9.69 Å². The smallest absolute Gasteiger partial charge is 0.327 e. The van der Waals surface area contributed by atoms with Gasteiger partial charge in [0, 0.05) is 23.4 Å². The number of piperidine rings is 1. The van der Waals surface area contributed by atoms with E-state index in [0.717, 1.165) is 0 Å². The average Bonchev–Trinajstić information content (AvgIpc) is 2.51. The Morgan fingerprint density at radius 1 is 1.48 bits per heavy atom. The summed E-state index contributed by atoms with van der Waals surface area (Å²) < 4.78 is 4.94. The molecule has 7 heteroatoms. The molecule has 3 atom stereocenters. The highest BCUT2D eigenvalue weighted by Crippen LogP contribution is 2.34. The van der Waals surface area contributed by atoms with Crippen LogP contribution in [-0.4, -0.2) is 47.4 Å². The summed E-state index contributed by atoms with van der Waals surface area (Å²) in [4.78, 5) is 25.3. The van der Waals surface area contributed by atoms with Crippen molar-refractivity contribution in [2.75, 3.05) is 20.2 Å². The number of benzene rings is 1. The highest BCUT2D eigenvalue weighted by Gasteiger charge is 2.37. The molecule has 0 saturated carbocycles. The van der Waals surface area contributed by atoms with Crippen LogP contribution < -0.4 is 0 Å². The molecule has 1 aliphatic rings. The number of likely N-dealkylation sites (tertiary alicyclic amines) is 1. The molecule has 1 fully saturated rings. The molecule has 0 aliphatic carbocycles. The topological polar surface area (TPSA) is 66.8 Å². The molecule has 1 aromatic rings. The number of esters is 1. The van der Waals surface area contributed by atoms with Crippen molar-refractivity contribution in [3.63, 3.8) is 0 Å². The summed E-state index contributed by atoms with van der Waals surface area (Å²) in [5.74, 6) is -1.38. The van der Waals surface area contributed by atoms with Crippen LogP contribution >= 0.6 is 24.2 Å². The Labute approximate surface area is 146 Å². The molecule has 0 amide bonds. The predicted octanol–water partition coefficient (Wildman–Crippen LogP) is 2.65. The van der Waals surface area contributed by atoms with E-state index in [9.17, 15) is 9.59 Å². The van der Waals surface area contributed by atoms with Gasteiger partial charge in [0.1, 0.15) is 6.04 Å². The molecule has 1 unspecified atom stereocenters. The number of carboxylic acid groups (broad SMARTS) is 1. The monoisotopic (exact) mass is 357 g/mol. The first kappa shape index (κ1) is 18.1. The standard InChI is InChI=1S/C16H20ClNO4S/c1-22-16(21)15(11-4-2-3-5-12(11)17)18-7-6-13(23)10(9-18)8-14(19)20/h2-5,10,13,15,23H,6-9H2,1H3,(H,19,20)/t10?,13-,15+/m1/s1. The second-order valence-electron chi connectivity index (χ2n) is 5.66. The van der Waals surface area contributed by atoms with Crippen LogP contribution in [0.3, 0.4) is 0 Å². The quantitative estimate of drug-likeness (QED) is 0.626. The molecule has 23 heavy (non-hydrogen) atoms. The van der Waals surface area contributed by atoms with E-state index in [-0.39, 0.29) is 17.6 Å². The van der Waals surface area contributed by atoms with Gasteiger partial charge in [-0.1, -0.05) is 29.8 Å². The minimum Gasteiger partial charge on any atom is -0.481 e. The average molecular weight is 358 g/mol. The first-order valence-electron chi connectivity index (χ1n) is 7.40. The molecule has 0 aromatic heterocycles. The Bertz CT molecular complexity index is 583. The summed E-state index contributed by atoms with van der Waals surface area (Å²) in [6, 6.07) is 6.51. The Morgan fingerprint density at radius 3 is 2.78 bits per heavy atom. The third-order valence-electron chi connectivity index (χ3n) is 4.15. The summed E-state index contributed by atoms with van der Waals surface area (Å²) >= 11 is 10.7. The normalized spacial score (nSPS) is 23.3. The molecule has 5 nitrogen and oxygen atoms in total. The van der Waals surface area contributed by atoms with Gasteiger partial charge in [-0.2, -0.15) is 12.6 Å². The number of carbonyl (C=O) groups is 2. The van der Waals surface area contributed by atoms with Gasteiger partial charge >= 0.3 is 11.9 Å². The highest BCUT2D eigenvalue weighted by atomic mass is 35.5. The van der Waals surface area contributed by atoms with Gasteiger partial charge in [0.05, 0.1) is 13.5 Å². The Hall–Kier alpha value is -1.24. The number of rotatable bonds is 5. The fourth-order valence-electron chi connectivity index (χ4n) is 2.99. The second-order valence-corrected chi connectivity index (χ2v) is 6.73. The lowest BCUT2D eigenvalue weighted by molar-refractivity contribution is -0.148. The van der Waals surface area contributed by atoms with Crippen LogP contribution in [0.15, 0.2) is 24.3 Å². The molecule has 1 aliphatic heterocycles. The van der Waals surface area contributed by atoms with Crippen LogP contribution in [-0.2, 0) is 14.3 Å². The van der Waals surface area contributed by atoms with E-state index in [2.05, 4.69) is 12.6 Å².